The summed E-state index contributed by atoms with van der Waals surface area (Å²) in [4.78, 5) is 12.7. The van der Waals surface area contributed by atoms with Gasteiger partial charge in [-0.1, -0.05) is 0 Å². The lowest BCUT2D eigenvalue weighted by Crippen LogP contribution is -2.43. The smallest absolute Gasteiger partial charge is 0.282 e. The first kappa shape index (κ1) is 7.20. The van der Waals surface area contributed by atoms with Crippen molar-refractivity contribution in [2.24, 2.45) is 20.7 Å². The first-order chi connectivity index (χ1) is 5.70. The molecule has 0 saturated carbocycles. The summed E-state index contributed by atoms with van der Waals surface area (Å²) in [5.41, 5.74) is 5.50. The molecule has 2 unspecified atom stereocenters. The van der Waals surface area contributed by atoms with Crippen LogP contribution < -0.4 is 5.73 Å². The maximum atomic E-state index is 12.9. The molecule has 2 N–H and O–H groups in total. The lowest BCUT2D eigenvalue weighted by molar-refractivity contribution is 0.369. The third kappa shape index (κ3) is 0.806. The SMILES string of the molecule is CN1C(F)=NC2C(N)=NC=NC21. The van der Waals surface area contributed by atoms with Gasteiger partial charge in [0.1, 0.15) is 12.2 Å². The number of halogens is 1. The predicted octanol–water partition coefficient (Wildman–Crippen LogP) is -0.649. The second-order valence-corrected chi connectivity index (χ2v) is 2.69. The Bertz CT molecular complexity index is 294. The molecule has 0 saturated heterocycles. The van der Waals surface area contributed by atoms with Gasteiger partial charge in [0, 0.05) is 7.05 Å². The summed E-state index contributed by atoms with van der Waals surface area (Å²) in [6.45, 7) is 0. The molecule has 0 aromatic carbocycles. The summed E-state index contributed by atoms with van der Waals surface area (Å²) in [7, 11) is 1.58. The van der Waals surface area contributed by atoms with Crippen LogP contribution in [0.15, 0.2) is 15.0 Å². The Kier molecular flexibility index (Phi) is 1.36. The Morgan fingerprint density at radius 3 is 3.08 bits per heavy atom. The van der Waals surface area contributed by atoms with Crippen molar-refractivity contribution in [2.75, 3.05) is 7.05 Å². The zero-order valence-electron chi connectivity index (χ0n) is 6.48. The average Bonchev–Trinajstić information content (AvgIpc) is 2.32. The molecule has 0 spiro atoms. The molecule has 12 heavy (non-hydrogen) atoms. The molecule has 2 heterocycles. The molecule has 0 bridgehead atoms. The fraction of sp³-hybridized carbons (Fsp3) is 0.500. The number of fused-ring (bicyclic) bond motifs is 1. The standard InChI is InChI=1S/C6H8FN5/c1-12-5-3(11-6(12)7)4(8)9-2-10-5/h2-3,5H,1H3,(H2,8,9,10). The van der Waals surface area contributed by atoms with Crippen LogP contribution in [0.2, 0.25) is 0 Å². The van der Waals surface area contributed by atoms with Crippen molar-refractivity contribution in [1.82, 2.24) is 4.90 Å². The number of nitrogens with zero attached hydrogens (tertiary/aromatic N) is 4. The summed E-state index contributed by atoms with van der Waals surface area (Å²) < 4.78 is 12.9. The summed E-state index contributed by atoms with van der Waals surface area (Å²) in [6, 6.07) is -0.444. The molecule has 0 amide bonds. The van der Waals surface area contributed by atoms with Crippen molar-refractivity contribution in [3.63, 3.8) is 0 Å². The van der Waals surface area contributed by atoms with Gasteiger partial charge >= 0.3 is 0 Å². The molecule has 2 rings (SSSR count). The Hall–Kier alpha value is -1.46. The highest BCUT2D eigenvalue weighted by Gasteiger charge is 2.37. The lowest BCUT2D eigenvalue weighted by atomic mass is 10.2. The van der Waals surface area contributed by atoms with Crippen LogP contribution in [0.3, 0.4) is 0 Å². The first-order valence-corrected chi connectivity index (χ1v) is 3.51. The van der Waals surface area contributed by atoms with E-state index in [1.165, 1.54) is 11.2 Å². The quantitative estimate of drug-likeness (QED) is 0.490. The molecule has 0 aliphatic carbocycles. The zero-order chi connectivity index (χ0) is 8.72. The maximum Gasteiger partial charge on any atom is 0.282 e. The maximum absolute atomic E-state index is 12.9. The Balaban J connectivity index is 2.34. The van der Waals surface area contributed by atoms with E-state index in [4.69, 9.17) is 5.73 Å². The Labute approximate surface area is 68.5 Å². The van der Waals surface area contributed by atoms with E-state index in [2.05, 4.69) is 15.0 Å². The van der Waals surface area contributed by atoms with Gasteiger partial charge in [0.25, 0.3) is 6.09 Å². The monoisotopic (exact) mass is 169 g/mol. The van der Waals surface area contributed by atoms with E-state index in [1.807, 2.05) is 0 Å². The summed E-state index contributed by atoms with van der Waals surface area (Å²) in [6.07, 6.45) is 0.450. The number of hydrogen-bond acceptors (Lipinski definition) is 5. The van der Waals surface area contributed by atoms with Crippen molar-refractivity contribution in [3.05, 3.63) is 0 Å². The minimum absolute atomic E-state index is 0.314. The molecule has 0 aromatic rings. The van der Waals surface area contributed by atoms with Gasteiger partial charge in [-0.2, -0.15) is 4.39 Å². The van der Waals surface area contributed by atoms with Crippen LogP contribution in [-0.2, 0) is 0 Å². The van der Waals surface area contributed by atoms with Gasteiger partial charge in [-0.25, -0.2) is 15.0 Å². The predicted molar refractivity (Wildman–Crippen MR) is 44.0 cm³/mol. The van der Waals surface area contributed by atoms with Crippen LogP contribution in [0.1, 0.15) is 0 Å². The zero-order valence-corrected chi connectivity index (χ0v) is 6.48. The summed E-state index contributed by atoms with van der Waals surface area (Å²) in [5, 5.41) is 0. The summed E-state index contributed by atoms with van der Waals surface area (Å²) >= 11 is 0. The molecule has 2 atom stereocenters. The number of likely N-dealkylation sites (N-methyl/N-ethyl adjacent to an activating group) is 1. The van der Waals surface area contributed by atoms with Crippen LogP contribution in [0, 0.1) is 0 Å². The van der Waals surface area contributed by atoms with E-state index in [1.54, 1.807) is 7.05 Å². The number of amidine groups is 2. The molecular weight excluding hydrogens is 161 g/mol. The molecule has 6 heteroatoms. The Morgan fingerprint density at radius 1 is 1.67 bits per heavy atom. The summed E-state index contributed by atoms with van der Waals surface area (Å²) in [5.74, 6) is 0.314. The molecular formula is C6H8FN5. The van der Waals surface area contributed by atoms with Crippen molar-refractivity contribution >= 4 is 18.3 Å². The number of rotatable bonds is 0. The molecule has 0 fully saturated rings. The molecule has 2 aliphatic rings. The van der Waals surface area contributed by atoms with Gasteiger partial charge in [-0.05, 0) is 0 Å². The average molecular weight is 169 g/mol. The van der Waals surface area contributed by atoms with Crippen molar-refractivity contribution in [2.45, 2.75) is 12.2 Å². The fourth-order valence-corrected chi connectivity index (χ4v) is 1.24. The van der Waals surface area contributed by atoms with Crippen LogP contribution in [-0.4, -0.2) is 42.4 Å². The largest absolute Gasteiger partial charge is 0.385 e. The second kappa shape index (κ2) is 2.26. The highest BCUT2D eigenvalue weighted by molar-refractivity contribution is 5.97. The van der Waals surface area contributed by atoms with Gasteiger partial charge in [0.15, 0.2) is 12.2 Å². The van der Waals surface area contributed by atoms with E-state index in [0.717, 1.165) is 0 Å². The van der Waals surface area contributed by atoms with Gasteiger partial charge in [-0.3, -0.25) is 0 Å². The van der Waals surface area contributed by atoms with E-state index in [9.17, 15) is 4.39 Å². The minimum Gasteiger partial charge on any atom is -0.385 e. The van der Waals surface area contributed by atoms with E-state index >= 15 is 0 Å². The molecule has 0 aromatic heterocycles. The van der Waals surface area contributed by atoms with E-state index in [-0.39, 0.29) is 6.17 Å². The fourth-order valence-electron chi connectivity index (χ4n) is 1.24. The first-order valence-electron chi connectivity index (χ1n) is 3.51. The van der Waals surface area contributed by atoms with E-state index < -0.39 is 12.1 Å². The van der Waals surface area contributed by atoms with Crippen molar-refractivity contribution in [1.29, 1.82) is 0 Å². The molecule has 64 valence electrons. The second-order valence-electron chi connectivity index (χ2n) is 2.69. The van der Waals surface area contributed by atoms with Gasteiger partial charge < -0.3 is 10.6 Å². The van der Waals surface area contributed by atoms with Crippen molar-refractivity contribution < 1.29 is 4.39 Å². The highest BCUT2D eigenvalue weighted by atomic mass is 19.1. The lowest BCUT2D eigenvalue weighted by Gasteiger charge is -2.21. The normalized spacial score (nSPS) is 33.0. The van der Waals surface area contributed by atoms with Crippen LogP contribution in [0.4, 0.5) is 4.39 Å². The van der Waals surface area contributed by atoms with Crippen LogP contribution in [0.25, 0.3) is 0 Å². The van der Waals surface area contributed by atoms with E-state index in [0.29, 0.717) is 5.84 Å². The molecule has 2 aliphatic heterocycles. The van der Waals surface area contributed by atoms with Crippen LogP contribution >= 0.6 is 0 Å². The van der Waals surface area contributed by atoms with Gasteiger partial charge in [0.05, 0.1) is 0 Å². The Morgan fingerprint density at radius 2 is 2.42 bits per heavy atom. The number of nitrogens with two attached hydrogens (primary N) is 1. The topological polar surface area (TPSA) is 66.3 Å². The molecule has 0 radical (unpaired) electrons. The number of hydrogen-bond donors (Lipinski definition) is 1. The molecule has 5 nitrogen and oxygen atoms in total. The third-order valence-corrected chi connectivity index (χ3v) is 1.95. The van der Waals surface area contributed by atoms with Crippen molar-refractivity contribution in [3.8, 4) is 0 Å². The minimum atomic E-state index is -0.540. The third-order valence-electron chi connectivity index (χ3n) is 1.95. The van der Waals surface area contributed by atoms with Gasteiger partial charge in [0.2, 0.25) is 0 Å². The highest BCUT2D eigenvalue weighted by Crippen LogP contribution is 2.19. The number of aliphatic imine (C=N–C) groups is 3. The van der Waals surface area contributed by atoms with Gasteiger partial charge in [-0.15, -0.1) is 0 Å². The van der Waals surface area contributed by atoms with Crippen LogP contribution in [0.5, 0.6) is 0 Å².